The normalized spacial score (nSPS) is 13.7. The van der Waals surface area contributed by atoms with Gasteiger partial charge in [-0.05, 0) is 73.9 Å². The van der Waals surface area contributed by atoms with Gasteiger partial charge in [0.25, 0.3) is 23.6 Å². The Morgan fingerprint density at radius 3 is 1.07 bits per heavy atom. The highest BCUT2D eigenvalue weighted by Crippen LogP contribution is 2.38. The molecule has 0 unspecified atom stereocenters. The second kappa shape index (κ2) is 14.2. The molecular formula is C34H34I2N4O4. The minimum absolute atomic E-state index is 0. The van der Waals surface area contributed by atoms with Crippen molar-refractivity contribution < 1.29 is 76.3 Å². The van der Waals surface area contributed by atoms with E-state index in [1.807, 2.05) is 48.0 Å². The van der Waals surface area contributed by atoms with Crippen LogP contribution < -0.4 is 57.1 Å². The van der Waals surface area contributed by atoms with Crippen LogP contribution in [0.1, 0.15) is 78.2 Å². The van der Waals surface area contributed by atoms with E-state index < -0.39 is 0 Å². The van der Waals surface area contributed by atoms with Crippen molar-refractivity contribution in [2.45, 2.75) is 38.5 Å². The molecule has 4 heterocycles. The van der Waals surface area contributed by atoms with Crippen molar-refractivity contribution in [1.82, 2.24) is 9.80 Å². The number of aromatic nitrogens is 2. The van der Waals surface area contributed by atoms with Crippen LogP contribution in [0.25, 0.3) is 10.8 Å². The van der Waals surface area contributed by atoms with Gasteiger partial charge in [-0.3, -0.25) is 29.0 Å². The van der Waals surface area contributed by atoms with Gasteiger partial charge < -0.3 is 48.0 Å². The third-order valence-electron chi connectivity index (χ3n) is 8.35. The van der Waals surface area contributed by atoms with E-state index in [0.717, 1.165) is 25.7 Å². The largest absolute Gasteiger partial charge is 1.00 e. The van der Waals surface area contributed by atoms with Gasteiger partial charge in [-0.25, -0.2) is 9.13 Å². The molecule has 8 nitrogen and oxygen atoms in total. The number of carbonyl (C=O) groups excluding carboxylic acids is 4. The molecule has 2 aromatic heterocycles. The molecule has 2 aliphatic rings. The molecular weight excluding hydrogens is 782 g/mol. The Morgan fingerprint density at radius 2 is 0.773 bits per heavy atom. The molecule has 0 fully saturated rings. The van der Waals surface area contributed by atoms with Gasteiger partial charge in [0.15, 0.2) is 24.8 Å². The number of aryl methyl sites for hydroxylation is 4. The summed E-state index contributed by atoms with van der Waals surface area (Å²) in [4.78, 5) is 56.6. The summed E-state index contributed by atoms with van der Waals surface area (Å²) in [7, 11) is 3.95. The van der Waals surface area contributed by atoms with Crippen molar-refractivity contribution in [2.24, 2.45) is 14.1 Å². The van der Waals surface area contributed by atoms with Crippen LogP contribution in [0, 0.1) is 0 Å². The van der Waals surface area contributed by atoms with Crippen LogP contribution in [-0.2, 0) is 26.9 Å². The first-order valence-corrected chi connectivity index (χ1v) is 14.5. The fourth-order valence-electron chi connectivity index (χ4n) is 5.98. The van der Waals surface area contributed by atoms with Crippen LogP contribution in [0.4, 0.5) is 0 Å². The Kier molecular flexibility index (Phi) is 10.9. The highest BCUT2D eigenvalue weighted by Gasteiger charge is 2.39. The maximum absolute atomic E-state index is 13.5. The Morgan fingerprint density at radius 1 is 0.477 bits per heavy atom. The summed E-state index contributed by atoms with van der Waals surface area (Å²) in [5.74, 6) is -1.50. The van der Waals surface area contributed by atoms with Gasteiger partial charge in [-0.15, -0.1) is 0 Å². The van der Waals surface area contributed by atoms with Crippen LogP contribution in [0.15, 0.2) is 73.3 Å². The van der Waals surface area contributed by atoms with Crippen molar-refractivity contribution in [3.05, 3.63) is 107 Å². The number of pyridine rings is 2. The summed E-state index contributed by atoms with van der Waals surface area (Å²) >= 11 is 0. The van der Waals surface area contributed by atoms with E-state index in [2.05, 4.69) is 24.3 Å². The predicted octanol–water partition coefficient (Wildman–Crippen LogP) is -2.27. The predicted molar refractivity (Wildman–Crippen MR) is 156 cm³/mol. The van der Waals surface area contributed by atoms with Gasteiger partial charge in [0.05, 0.1) is 0 Å². The summed E-state index contributed by atoms with van der Waals surface area (Å²) in [5.41, 5.74) is 3.89. The van der Waals surface area contributed by atoms with Gasteiger partial charge in [0, 0.05) is 70.4 Å². The topological polar surface area (TPSA) is 82.5 Å². The molecule has 6 rings (SSSR count). The number of hydrogen-bond donors (Lipinski definition) is 0. The average molecular weight is 816 g/mol. The summed E-state index contributed by atoms with van der Waals surface area (Å²) in [6, 6.07) is 14.8. The summed E-state index contributed by atoms with van der Waals surface area (Å²) in [5, 5.41) is 0.846. The molecule has 44 heavy (non-hydrogen) atoms. The monoisotopic (exact) mass is 816 g/mol. The van der Waals surface area contributed by atoms with Gasteiger partial charge in [0.2, 0.25) is 0 Å². The summed E-state index contributed by atoms with van der Waals surface area (Å²) < 4.78 is 3.96. The van der Waals surface area contributed by atoms with E-state index >= 15 is 0 Å². The van der Waals surface area contributed by atoms with Crippen molar-refractivity contribution in [2.75, 3.05) is 13.1 Å². The Hall–Kier alpha value is -3.26. The maximum atomic E-state index is 13.5. The number of hydrogen-bond acceptors (Lipinski definition) is 4. The zero-order valence-electron chi connectivity index (χ0n) is 24.8. The first-order chi connectivity index (χ1) is 20.3. The maximum Gasteiger partial charge on any atom is 0.261 e. The van der Waals surface area contributed by atoms with E-state index in [1.54, 1.807) is 24.3 Å². The number of carbonyl (C=O) groups is 4. The molecule has 0 bridgehead atoms. The number of unbranched alkanes of at least 4 members (excludes halogenated alkanes) is 2. The van der Waals surface area contributed by atoms with E-state index in [1.165, 1.54) is 20.9 Å². The van der Waals surface area contributed by atoms with Gasteiger partial charge in [0.1, 0.15) is 14.1 Å². The lowest BCUT2D eigenvalue weighted by atomic mass is 9.86. The quantitative estimate of drug-likeness (QED) is 0.0785. The SMILES string of the molecule is C[n+]1ccc(CCCCN2C(=O)c3ccc4c5c(ccc(c35)C2=O)C(=O)N(CCCCc2cc[n+](C)cc2)C4=O)cc1.[I-].[I-]. The lowest BCUT2D eigenvalue weighted by molar-refractivity contribution is -0.671. The minimum atomic E-state index is -0.375. The number of benzene rings is 2. The second-order valence-electron chi connectivity index (χ2n) is 11.3. The molecule has 0 N–H and O–H groups in total. The number of imide groups is 2. The lowest BCUT2D eigenvalue weighted by Gasteiger charge is -2.32. The molecule has 0 spiro atoms. The summed E-state index contributed by atoms with van der Waals surface area (Å²) in [6.45, 7) is 0.631. The molecule has 0 saturated heterocycles. The molecule has 0 radical (unpaired) electrons. The van der Waals surface area contributed by atoms with Crippen molar-refractivity contribution in [3.8, 4) is 0 Å². The van der Waals surface area contributed by atoms with Crippen LogP contribution >= 0.6 is 0 Å². The number of halogens is 2. The molecule has 0 aliphatic carbocycles. The number of rotatable bonds is 10. The minimum Gasteiger partial charge on any atom is -1.00 e. The zero-order chi connectivity index (χ0) is 29.4. The third kappa shape index (κ3) is 6.42. The van der Waals surface area contributed by atoms with Crippen LogP contribution in [0.3, 0.4) is 0 Å². The van der Waals surface area contributed by atoms with Gasteiger partial charge in [-0.1, -0.05) is 0 Å². The first kappa shape index (κ1) is 33.6. The fourth-order valence-corrected chi connectivity index (χ4v) is 5.98. The van der Waals surface area contributed by atoms with Crippen LogP contribution in [-0.4, -0.2) is 46.5 Å². The molecule has 2 aliphatic heterocycles. The van der Waals surface area contributed by atoms with Crippen LogP contribution in [0.2, 0.25) is 0 Å². The third-order valence-corrected chi connectivity index (χ3v) is 8.35. The molecule has 2 aromatic carbocycles. The van der Waals surface area contributed by atoms with E-state index in [-0.39, 0.29) is 71.6 Å². The van der Waals surface area contributed by atoms with E-state index in [9.17, 15) is 19.2 Å². The van der Waals surface area contributed by atoms with E-state index in [4.69, 9.17) is 0 Å². The van der Waals surface area contributed by atoms with Crippen molar-refractivity contribution in [3.63, 3.8) is 0 Å². The summed E-state index contributed by atoms with van der Waals surface area (Å²) in [6.07, 6.45) is 12.8. The van der Waals surface area contributed by atoms with Gasteiger partial charge >= 0.3 is 0 Å². The molecule has 0 atom stereocenters. The van der Waals surface area contributed by atoms with E-state index in [0.29, 0.717) is 59.0 Å². The van der Waals surface area contributed by atoms with Crippen molar-refractivity contribution in [1.29, 1.82) is 0 Å². The molecule has 228 valence electrons. The number of nitrogens with zero attached hydrogens (tertiary/aromatic N) is 4. The van der Waals surface area contributed by atoms with Crippen LogP contribution in [0.5, 0.6) is 0 Å². The molecule has 4 amide bonds. The smallest absolute Gasteiger partial charge is 0.261 e. The molecule has 0 saturated carbocycles. The highest BCUT2D eigenvalue weighted by molar-refractivity contribution is 6.33. The Bertz CT molecular complexity index is 1540. The molecule has 10 heteroatoms. The zero-order valence-corrected chi connectivity index (χ0v) is 29.1. The lowest BCUT2D eigenvalue weighted by Crippen LogP contribution is -3.00. The number of amides is 4. The molecule has 4 aromatic rings. The highest BCUT2D eigenvalue weighted by atomic mass is 127. The van der Waals surface area contributed by atoms with Gasteiger partial charge in [-0.2, -0.15) is 0 Å². The Labute approximate surface area is 291 Å². The first-order valence-electron chi connectivity index (χ1n) is 14.5. The Balaban J connectivity index is 0.00000221. The van der Waals surface area contributed by atoms with Crippen molar-refractivity contribution >= 4 is 34.4 Å². The fraction of sp³-hybridized carbons (Fsp3) is 0.294. The standard InChI is InChI=1S/C34H34N4O4.2HI/c1-35-19-13-23(14-20-35)7-3-5-17-37-31(39)25-9-11-27-30-28(12-10-26(29(25)30)32(37)40)34(42)38(33(27)41)18-6-4-8-24-15-21-36(2)22-16-24;;/h9-16,19-22H,3-8,17-18H2,1-2H3;2*1H/q+2;;/p-2. The average Bonchev–Trinajstić information content (AvgIpc) is 2.99. The second-order valence-corrected chi connectivity index (χ2v) is 11.3.